The molecule has 0 fully saturated rings. The van der Waals surface area contributed by atoms with Gasteiger partial charge in [0.15, 0.2) is 11.5 Å². The van der Waals surface area contributed by atoms with Crippen molar-refractivity contribution in [2.45, 2.75) is 78.9 Å². The Kier molecular flexibility index (Phi) is 7.87. The van der Waals surface area contributed by atoms with Gasteiger partial charge in [-0.05, 0) is 42.7 Å². The average molecular weight is 416 g/mol. The van der Waals surface area contributed by atoms with Crippen LogP contribution in [0.15, 0.2) is 35.6 Å². The fourth-order valence-electron chi connectivity index (χ4n) is 3.72. The van der Waals surface area contributed by atoms with Crippen LogP contribution in [-0.4, -0.2) is 41.0 Å². The summed E-state index contributed by atoms with van der Waals surface area (Å²) in [6, 6.07) is 7.46. The highest BCUT2D eigenvalue weighted by atomic mass is 16.5. The zero-order chi connectivity index (χ0) is 22.6. The van der Waals surface area contributed by atoms with Gasteiger partial charge in [-0.3, -0.25) is 9.59 Å². The summed E-state index contributed by atoms with van der Waals surface area (Å²) >= 11 is 0. The van der Waals surface area contributed by atoms with E-state index < -0.39 is 17.7 Å². The number of Topliss-reactive ketones (excluding diaryl/α,β-unsaturated/α-hetero) is 1. The molecule has 1 heterocycles. The fraction of sp³-hybridized carbons (Fsp3) is 0.600. The maximum Gasteiger partial charge on any atom is 0.290 e. The Morgan fingerprint density at radius 1 is 1.13 bits per heavy atom. The Morgan fingerprint density at radius 3 is 2.23 bits per heavy atom. The van der Waals surface area contributed by atoms with Crippen molar-refractivity contribution in [3.05, 3.63) is 46.7 Å². The van der Waals surface area contributed by atoms with Gasteiger partial charge in [-0.25, -0.2) is 0 Å². The highest BCUT2D eigenvalue weighted by Gasteiger charge is 2.43. The summed E-state index contributed by atoms with van der Waals surface area (Å²) in [6.45, 7) is 15.2. The molecule has 1 aromatic rings. The van der Waals surface area contributed by atoms with Crippen molar-refractivity contribution in [2.75, 3.05) is 13.2 Å². The smallest absolute Gasteiger partial charge is 0.290 e. The van der Waals surface area contributed by atoms with E-state index in [2.05, 4.69) is 20.8 Å². The van der Waals surface area contributed by atoms with Crippen LogP contribution in [-0.2, 0) is 19.7 Å². The van der Waals surface area contributed by atoms with E-state index in [1.54, 1.807) is 4.90 Å². The number of nitrogens with zero attached hydrogens (tertiary/aromatic N) is 1. The molecule has 0 aliphatic carbocycles. The maximum absolute atomic E-state index is 13.0. The first-order chi connectivity index (χ1) is 13.9. The average Bonchev–Trinajstić information content (AvgIpc) is 2.88. The molecule has 0 aromatic heterocycles. The number of hydrogen-bond donors (Lipinski definition) is 1. The molecule has 30 heavy (non-hydrogen) atoms. The quantitative estimate of drug-likeness (QED) is 0.569. The van der Waals surface area contributed by atoms with Crippen LogP contribution in [0.2, 0.25) is 0 Å². The monoisotopic (exact) mass is 415 g/mol. The Balaban J connectivity index is 2.37. The highest BCUT2D eigenvalue weighted by molar-refractivity contribution is 6.09. The minimum Gasteiger partial charge on any atom is -0.503 e. The van der Waals surface area contributed by atoms with E-state index in [-0.39, 0.29) is 28.8 Å². The van der Waals surface area contributed by atoms with Crippen molar-refractivity contribution in [3.8, 4) is 0 Å². The molecule has 5 heteroatoms. The number of ether oxygens (including phenoxy) is 1. The summed E-state index contributed by atoms with van der Waals surface area (Å²) < 4.78 is 5.60. The number of ketones is 1. The molecule has 1 aromatic carbocycles. The summed E-state index contributed by atoms with van der Waals surface area (Å²) in [5.74, 6) is -0.904. The number of rotatable bonds is 9. The SMILES string of the molecule is CC(C)CC(=O)C1=C(O)C(=O)N(CCCOC(C)C)C1c1ccc(C(C)(C)C)cc1. The molecule has 1 unspecified atom stereocenters. The van der Waals surface area contributed by atoms with Crippen molar-refractivity contribution in [1.29, 1.82) is 0 Å². The van der Waals surface area contributed by atoms with Gasteiger partial charge in [-0.2, -0.15) is 0 Å². The number of aliphatic hydroxyl groups is 1. The van der Waals surface area contributed by atoms with Crippen LogP contribution in [0.5, 0.6) is 0 Å². The number of amides is 1. The molecule has 1 atom stereocenters. The van der Waals surface area contributed by atoms with Crippen LogP contribution in [0.4, 0.5) is 0 Å². The molecule has 5 nitrogen and oxygen atoms in total. The van der Waals surface area contributed by atoms with Gasteiger partial charge in [0, 0.05) is 19.6 Å². The Hall–Kier alpha value is -2.14. The van der Waals surface area contributed by atoms with Crippen LogP contribution < -0.4 is 0 Å². The second-order valence-corrected chi connectivity index (χ2v) is 9.83. The van der Waals surface area contributed by atoms with Gasteiger partial charge >= 0.3 is 0 Å². The lowest BCUT2D eigenvalue weighted by Crippen LogP contribution is -2.33. The lowest BCUT2D eigenvalue weighted by atomic mass is 9.85. The van der Waals surface area contributed by atoms with Gasteiger partial charge in [-0.15, -0.1) is 0 Å². The Morgan fingerprint density at radius 2 is 1.73 bits per heavy atom. The molecule has 1 amide bonds. The molecule has 1 aliphatic heterocycles. The van der Waals surface area contributed by atoms with Crippen LogP contribution in [0.3, 0.4) is 0 Å². The first kappa shape index (κ1) is 24.1. The maximum atomic E-state index is 13.0. The predicted octanol–water partition coefficient (Wildman–Crippen LogP) is 5.11. The van der Waals surface area contributed by atoms with Gasteiger partial charge in [0.05, 0.1) is 17.7 Å². The zero-order valence-electron chi connectivity index (χ0n) is 19.5. The van der Waals surface area contributed by atoms with Gasteiger partial charge in [-0.1, -0.05) is 58.9 Å². The second-order valence-electron chi connectivity index (χ2n) is 9.83. The summed E-state index contributed by atoms with van der Waals surface area (Å²) in [7, 11) is 0. The van der Waals surface area contributed by atoms with Crippen LogP contribution in [0, 0.1) is 5.92 Å². The molecular formula is C25H37NO4. The largest absolute Gasteiger partial charge is 0.503 e. The van der Waals surface area contributed by atoms with Gasteiger partial charge < -0.3 is 14.7 Å². The normalized spacial score (nSPS) is 17.6. The molecular weight excluding hydrogens is 378 g/mol. The Bertz CT molecular complexity index is 784. The van der Waals surface area contributed by atoms with E-state index in [0.29, 0.717) is 26.0 Å². The van der Waals surface area contributed by atoms with Gasteiger partial charge in [0.2, 0.25) is 0 Å². The van der Waals surface area contributed by atoms with Crippen LogP contribution >= 0.6 is 0 Å². The van der Waals surface area contributed by atoms with Crippen molar-refractivity contribution in [3.63, 3.8) is 0 Å². The van der Waals surface area contributed by atoms with E-state index in [9.17, 15) is 14.7 Å². The van der Waals surface area contributed by atoms with E-state index >= 15 is 0 Å². The summed E-state index contributed by atoms with van der Waals surface area (Å²) in [4.78, 5) is 27.4. The molecule has 2 rings (SSSR count). The molecule has 166 valence electrons. The van der Waals surface area contributed by atoms with E-state index in [0.717, 1.165) is 5.56 Å². The van der Waals surface area contributed by atoms with E-state index in [1.807, 2.05) is 52.0 Å². The van der Waals surface area contributed by atoms with Crippen LogP contribution in [0.1, 0.15) is 78.5 Å². The molecule has 0 saturated carbocycles. The third-order valence-electron chi connectivity index (χ3n) is 5.28. The summed E-state index contributed by atoms with van der Waals surface area (Å²) in [5, 5.41) is 10.6. The lowest BCUT2D eigenvalue weighted by molar-refractivity contribution is -0.129. The number of carbonyl (C=O) groups excluding carboxylic acids is 2. The van der Waals surface area contributed by atoms with Crippen LogP contribution in [0.25, 0.3) is 0 Å². The molecule has 0 spiro atoms. The highest BCUT2D eigenvalue weighted by Crippen LogP contribution is 2.39. The Labute approximate surface area is 181 Å². The first-order valence-electron chi connectivity index (χ1n) is 10.9. The zero-order valence-corrected chi connectivity index (χ0v) is 19.5. The van der Waals surface area contributed by atoms with E-state index in [4.69, 9.17) is 4.74 Å². The summed E-state index contributed by atoms with van der Waals surface area (Å²) in [6.07, 6.45) is 1.06. The third-order valence-corrected chi connectivity index (χ3v) is 5.28. The van der Waals surface area contributed by atoms with Gasteiger partial charge in [0.25, 0.3) is 5.91 Å². The standard InChI is InChI=1S/C25H37NO4/c1-16(2)15-20(27)21-22(18-9-11-19(12-10-18)25(5,6)7)26(24(29)23(21)28)13-8-14-30-17(3)4/h9-12,16-17,22,28H,8,13-15H2,1-7H3. The number of hydrogen-bond acceptors (Lipinski definition) is 4. The summed E-state index contributed by atoms with van der Waals surface area (Å²) in [5.41, 5.74) is 2.25. The van der Waals surface area contributed by atoms with Gasteiger partial charge in [0.1, 0.15) is 0 Å². The minimum absolute atomic E-state index is 0.00612. The predicted molar refractivity (Wildman–Crippen MR) is 119 cm³/mol. The molecule has 0 bridgehead atoms. The third kappa shape index (κ3) is 5.72. The van der Waals surface area contributed by atoms with Crippen molar-refractivity contribution < 1.29 is 19.4 Å². The number of carbonyl (C=O) groups is 2. The lowest BCUT2D eigenvalue weighted by Gasteiger charge is -2.28. The van der Waals surface area contributed by atoms with E-state index in [1.165, 1.54) is 5.56 Å². The first-order valence-corrected chi connectivity index (χ1v) is 10.9. The molecule has 1 aliphatic rings. The van der Waals surface area contributed by atoms with Crippen molar-refractivity contribution in [1.82, 2.24) is 4.90 Å². The number of aliphatic hydroxyl groups excluding tert-OH is 1. The molecule has 1 N–H and O–H groups in total. The molecule has 0 saturated heterocycles. The fourth-order valence-corrected chi connectivity index (χ4v) is 3.72. The second kappa shape index (κ2) is 9.78. The number of benzene rings is 1. The van der Waals surface area contributed by atoms with Crippen molar-refractivity contribution >= 4 is 11.7 Å². The van der Waals surface area contributed by atoms with Crippen molar-refractivity contribution in [2.24, 2.45) is 5.92 Å². The molecule has 0 radical (unpaired) electrons. The minimum atomic E-state index is -0.559. The topological polar surface area (TPSA) is 66.8 Å².